The number of rotatable bonds is 11. The van der Waals surface area contributed by atoms with Crippen molar-refractivity contribution >= 4 is 11.9 Å². The second kappa shape index (κ2) is 11.4. The predicted octanol–water partition coefficient (Wildman–Crippen LogP) is 5.65. The molecule has 8 atom stereocenters. The molecule has 7 heteroatoms. The van der Waals surface area contributed by atoms with Crippen LogP contribution in [0.5, 0.6) is 0 Å². The normalized spacial score (nSPS) is 40.1. The number of ether oxygens (including phenoxy) is 2. The number of hydrogen-bond acceptors (Lipinski definition) is 7. The van der Waals surface area contributed by atoms with Crippen molar-refractivity contribution in [1.82, 2.24) is 0 Å². The highest BCUT2D eigenvalue weighted by atomic mass is 16.5. The van der Waals surface area contributed by atoms with E-state index in [0.717, 1.165) is 31.3 Å². The van der Waals surface area contributed by atoms with E-state index in [4.69, 9.17) is 9.47 Å². The molecule has 0 aromatic rings. The maximum Gasteiger partial charge on any atom is 0.331 e. The number of carbonyl (C=O) groups excluding carboxylic acids is 2. The number of fused-ring (bicyclic) bond motifs is 1. The van der Waals surface area contributed by atoms with Gasteiger partial charge >= 0.3 is 11.9 Å². The van der Waals surface area contributed by atoms with Crippen molar-refractivity contribution in [1.29, 1.82) is 0 Å². The monoisotopic (exact) mass is 574 g/mol. The first-order valence-corrected chi connectivity index (χ1v) is 15.9. The Morgan fingerprint density at radius 2 is 1.80 bits per heavy atom. The summed E-state index contributed by atoms with van der Waals surface area (Å²) in [5.41, 5.74) is -4.94. The molecule has 4 rings (SSSR count). The fraction of sp³-hybridized carbons (Fsp3) is 0.824. The van der Waals surface area contributed by atoms with Crippen molar-refractivity contribution in [3.8, 4) is 0 Å². The molecule has 0 saturated heterocycles. The third-order valence-corrected chi connectivity index (χ3v) is 11.3. The number of hydrogen-bond donors (Lipinski definition) is 3. The maximum atomic E-state index is 13.2. The molecule has 1 aliphatic heterocycles. The SMILES string of the molecule is CC(=O)OC1CC2(C)C=CC(O)(CCC(C)CCCC(C)C)C3(C(O)CCC(C)(C)C13)C2(O)CCC1=CC(=O)OC1. The number of aliphatic hydroxyl groups excluding tert-OH is 1. The summed E-state index contributed by atoms with van der Waals surface area (Å²) in [5.74, 6) is -0.241. The number of cyclic esters (lactones) is 1. The van der Waals surface area contributed by atoms with E-state index in [1.807, 2.05) is 19.1 Å². The molecule has 7 nitrogen and oxygen atoms in total. The van der Waals surface area contributed by atoms with Crippen LogP contribution in [0.2, 0.25) is 0 Å². The average Bonchev–Trinajstić information content (AvgIpc) is 3.28. The molecule has 0 radical (unpaired) electrons. The second-order valence-corrected chi connectivity index (χ2v) is 15.2. The van der Waals surface area contributed by atoms with Crippen molar-refractivity contribution in [3.63, 3.8) is 0 Å². The van der Waals surface area contributed by atoms with E-state index in [1.54, 1.807) is 0 Å². The summed E-state index contributed by atoms with van der Waals surface area (Å²) in [7, 11) is 0. The van der Waals surface area contributed by atoms with Crippen molar-refractivity contribution in [3.05, 3.63) is 23.8 Å². The first-order chi connectivity index (χ1) is 19.0. The van der Waals surface area contributed by atoms with Gasteiger partial charge in [0.15, 0.2) is 0 Å². The van der Waals surface area contributed by atoms with Gasteiger partial charge in [-0.1, -0.05) is 73.0 Å². The van der Waals surface area contributed by atoms with Gasteiger partial charge in [0.05, 0.1) is 22.7 Å². The lowest BCUT2D eigenvalue weighted by molar-refractivity contribution is -0.355. The summed E-state index contributed by atoms with van der Waals surface area (Å²) < 4.78 is 11.2. The summed E-state index contributed by atoms with van der Waals surface area (Å²) in [5, 5.41) is 38.3. The van der Waals surface area contributed by atoms with Crippen LogP contribution in [0.4, 0.5) is 0 Å². The highest BCUT2D eigenvalue weighted by Gasteiger charge is 2.80. The minimum Gasteiger partial charge on any atom is -0.462 e. The summed E-state index contributed by atoms with van der Waals surface area (Å²) in [6.07, 6.45) is 10.4. The van der Waals surface area contributed by atoms with Crippen LogP contribution >= 0.6 is 0 Å². The molecule has 0 aromatic carbocycles. The molecule has 1 heterocycles. The number of carbonyl (C=O) groups is 2. The molecule has 4 aliphatic rings. The summed E-state index contributed by atoms with van der Waals surface area (Å²) >= 11 is 0. The molecule has 1 spiro atoms. The predicted molar refractivity (Wildman–Crippen MR) is 158 cm³/mol. The first-order valence-electron chi connectivity index (χ1n) is 15.9. The average molecular weight is 575 g/mol. The van der Waals surface area contributed by atoms with Crippen LogP contribution in [0.15, 0.2) is 23.8 Å². The summed E-state index contributed by atoms with van der Waals surface area (Å²) in [6.45, 7) is 14.5. The van der Waals surface area contributed by atoms with E-state index in [2.05, 4.69) is 34.6 Å². The van der Waals surface area contributed by atoms with Gasteiger partial charge in [-0.2, -0.15) is 0 Å². The minimum atomic E-state index is -1.53. The molecule has 41 heavy (non-hydrogen) atoms. The van der Waals surface area contributed by atoms with Gasteiger partial charge in [0, 0.05) is 24.3 Å². The summed E-state index contributed by atoms with van der Waals surface area (Å²) in [6, 6.07) is 0. The lowest BCUT2D eigenvalue weighted by Gasteiger charge is -2.75. The van der Waals surface area contributed by atoms with Gasteiger partial charge in [-0.25, -0.2) is 4.79 Å². The Labute approximate surface area is 246 Å². The zero-order chi connectivity index (χ0) is 30.4. The van der Waals surface area contributed by atoms with Crippen LogP contribution in [0.1, 0.15) is 113 Å². The fourth-order valence-electron chi connectivity index (χ4n) is 9.29. The van der Waals surface area contributed by atoms with Gasteiger partial charge in [0.25, 0.3) is 0 Å². The Morgan fingerprint density at radius 1 is 1.10 bits per heavy atom. The number of esters is 2. The van der Waals surface area contributed by atoms with E-state index in [1.165, 1.54) is 13.0 Å². The van der Waals surface area contributed by atoms with Crippen molar-refractivity contribution in [2.75, 3.05) is 6.61 Å². The summed E-state index contributed by atoms with van der Waals surface area (Å²) in [4.78, 5) is 24.3. The Bertz CT molecular complexity index is 1060. The standard InChI is InChI=1S/C34H54O7/c1-22(2)9-8-10-23(3)11-15-32(38)18-17-31(7)20-26(41-24(4)35)29-30(5,6)14-13-27(36)34(29,32)33(31,39)16-12-25-19-28(37)40-21-25/h17-19,22-23,26-27,29,36,38-39H,8-16,20-21H2,1-7H3. The highest BCUT2D eigenvalue weighted by molar-refractivity contribution is 5.85. The Kier molecular flexibility index (Phi) is 8.98. The molecule has 8 unspecified atom stereocenters. The molecular formula is C34H54O7. The maximum absolute atomic E-state index is 13.2. The van der Waals surface area contributed by atoms with Gasteiger partial charge in [-0.05, 0) is 67.8 Å². The van der Waals surface area contributed by atoms with E-state index in [-0.39, 0.29) is 19.0 Å². The smallest absolute Gasteiger partial charge is 0.331 e. The molecule has 0 amide bonds. The third kappa shape index (κ3) is 5.44. The quantitative estimate of drug-likeness (QED) is 0.216. The molecule has 3 N–H and O–H groups in total. The number of aliphatic hydroxyl groups is 3. The van der Waals surface area contributed by atoms with Gasteiger partial charge in [0.2, 0.25) is 0 Å². The van der Waals surface area contributed by atoms with E-state index in [0.29, 0.717) is 43.9 Å². The van der Waals surface area contributed by atoms with Crippen molar-refractivity contribution in [2.24, 2.45) is 34.0 Å². The zero-order valence-electron chi connectivity index (χ0n) is 26.4. The highest BCUT2D eigenvalue weighted by Crippen LogP contribution is 2.74. The van der Waals surface area contributed by atoms with Gasteiger partial charge < -0.3 is 24.8 Å². The minimum absolute atomic E-state index is 0.195. The van der Waals surface area contributed by atoms with Crippen LogP contribution < -0.4 is 0 Å². The first kappa shape index (κ1) is 32.2. The molecule has 3 aliphatic carbocycles. The zero-order valence-corrected chi connectivity index (χ0v) is 26.4. The van der Waals surface area contributed by atoms with E-state index >= 15 is 0 Å². The molecule has 232 valence electrons. The van der Waals surface area contributed by atoms with Gasteiger partial charge in [-0.3, -0.25) is 4.79 Å². The topological polar surface area (TPSA) is 113 Å². The molecule has 2 saturated carbocycles. The lowest BCUT2D eigenvalue weighted by atomic mass is 9.32. The molecule has 2 bridgehead atoms. The van der Waals surface area contributed by atoms with Crippen LogP contribution in [-0.4, -0.2) is 57.3 Å². The van der Waals surface area contributed by atoms with Gasteiger partial charge in [-0.15, -0.1) is 0 Å². The van der Waals surface area contributed by atoms with Crippen LogP contribution in [0, 0.1) is 34.0 Å². The van der Waals surface area contributed by atoms with Crippen molar-refractivity contribution < 1.29 is 34.4 Å². The van der Waals surface area contributed by atoms with Crippen molar-refractivity contribution in [2.45, 2.75) is 136 Å². The Hall–Kier alpha value is -1.70. The van der Waals surface area contributed by atoms with Crippen LogP contribution in [0.3, 0.4) is 0 Å². The lowest BCUT2D eigenvalue weighted by Crippen LogP contribution is -2.82. The van der Waals surface area contributed by atoms with Crippen LogP contribution in [0.25, 0.3) is 0 Å². The Morgan fingerprint density at radius 3 is 2.41 bits per heavy atom. The van der Waals surface area contributed by atoms with E-state index in [9.17, 15) is 24.9 Å². The third-order valence-electron chi connectivity index (χ3n) is 11.3. The van der Waals surface area contributed by atoms with Crippen LogP contribution in [-0.2, 0) is 19.1 Å². The molecule has 2 fully saturated rings. The molecular weight excluding hydrogens is 520 g/mol. The molecule has 0 aromatic heterocycles. The second-order valence-electron chi connectivity index (χ2n) is 15.2. The largest absolute Gasteiger partial charge is 0.462 e. The fourth-order valence-corrected chi connectivity index (χ4v) is 9.29. The van der Waals surface area contributed by atoms with E-state index < -0.39 is 51.5 Å². The Balaban J connectivity index is 1.82. The van der Waals surface area contributed by atoms with Gasteiger partial charge in [0.1, 0.15) is 12.7 Å².